The van der Waals surface area contributed by atoms with Gasteiger partial charge in [-0.3, -0.25) is 10.2 Å². The summed E-state index contributed by atoms with van der Waals surface area (Å²) in [6.07, 6.45) is 5.37. The predicted octanol–water partition coefficient (Wildman–Crippen LogP) is 3.28. The van der Waals surface area contributed by atoms with E-state index in [-0.39, 0.29) is 5.91 Å². The molecule has 0 saturated carbocycles. The molecule has 1 aliphatic carbocycles. The smallest absolute Gasteiger partial charge is 0.269 e. The van der Waals surface area contributed by atoms with Crippen LogP contribution in [0.1, 0.15) is 36.5 Å². The fourth-order valence-corrected chi connectivity index (χ4v) is 2.02. The topological polar surface area (TPSA) is 41.1 Å². The minimum absolute atomic E-state index is 0.147. The second-order valence-corrected chi connectivity index (χ2v) is 5.13. The molecule has 0 saturated heterocycles. The van der Waals surface area contributed by atoms with E-state index in [9.17, 15) is 4.79 Å². The van der Waals surface area contributed by atoms with E-state index in [0.29, 0.717) is 10.6 Å². The quantitative estimate of drug-likeness (QED) is 0.823. The molecular weight excluding hydrogens is 248 g/mol. The van der Waals surface area contributed by atoms with Gasteiger partial charge in [0.15, 0.2) is 0 Å². The van der Waals surface area contributed by atoms with E-state index in [1.54, 1.807) is 24.3 Å². The number of allylic oxidation sites excluding steroid dienone is 2. The van der Waals surface area contributed by atoms with Crippen molar-refractivity contribution in [2.24, 2.45) is 5.92 Å². The number of nitrogens with one attached hydrogen (secondary N) is 2. The molecule has 0 fully saturated rings. The molecule has 0 radical (unpaired) electrons. The predicted molar refractivity (Wildman–Crippen MR) is 73.2 cm³/mol. The van der Waals surface area contributed by atoms with Crippen molar-refractivity contribution in [3.8, 4) is 0 Å². The third kappa shape index (κ3) is 3.50. The van der Waals surface area contributed by atoms with Crippen molar-refractivity contribution >= 4 is 17.5 Å². The molecule has 1 aromatic carbocycles. The van der Waals surface area contributed by atoms with Crippen LogP contribution in [0.4, 0.5) is 0 Å². The lowest BCUT2D eigenvalue weighted by atomic mass is 9.95. The number of hydrogen-bond donors (Lipinski definition) is 2. The number of amides is 1. The number of benzene rings is 1. The van der Waals surface area contributed by atoms with Gasteiger partial charge in [0.05, 0.1) is 0 Å². The van der Waals surface area contributed by atoms with Gasteiger partial charge in [0.25, 0.3) is 5.91 Å². The van der Waals surface area contributed by atoms with Gasteiger partial charge in [-0.15, -0.1) is 0 Å². The second-order valence-electron chi connectivity index (χ2n) is 4.69. The van der Waals surface area contributed by atoms with Crippen LogP contribution in [-0.4, -0.2) is 5.91 Å². The van der Waals surface area contributed by atoms with E-state index in [4.69, 9.17) is 11.6 Å². The highest BCUT2D eigenvalue weighted by molar-refractivity contribution is 6.30. The maximum atomic E-state index is 11.8. The first-order chi connectivity index (χ1) is 8.65. The van der Waals surface area contributed by atoms with Gasteiger partial charge in [-0.05, 0) is 49.4 Å². The molecular formula is C14H17ClN2O. The summed E-state index contributed by atoms with van der Waals surface area (Å²) >= 11 is 5.77. The molecule has 0 bridgehead atoms. The van der Waals surface area contributed by atoms with Gasteiger partial charge in [0.1, 0.15) is 0 Å². The average molecular weight is 265 g/mol. The fraction of sp³-hybridized carbons (Fsp3) is 0.357. The van der Waals surface area contributed by atoms with E-state index in [0.717, 1.165) is 30.9 Å². The van der Waals surface area contributed by atoms with E-state index < -0.39 is 0 Å². The second kappa shape index (κ2) is 5.91. The van der Waals surface area contributed by atoms with Gasteiger partial charge < -0.3 is 5.43 Å². The molecule has 0 heterocycles. The van der Waals surface area contributed by atoms with Crippen molar-refractivity contribution < 1.29 is 4.79 Å². The Hall–Kier alpha value is -1.48. The zero-order valence-corrected chi connectivity index (χ0v) is 11.1. The summed E-state index contributed by atoms with van der Waals surface area (Å²) in [6, 6.07) is 6.82. The van der Waals surface area contributed by atoms with Gasteiger partial charge in [0.2, 0.25) is 0 Å². The first-order valence-electron chi connectivity index (χ1n) is 6.16. The standard InChI is InChI=1S/C14H17ClN2O/c1-10-2-8-13(9-3-10)16-17-14(18)11-4-6-12(15)7-5-11/h4-8,10,16H,2-3,9H2,1H3,(H,17,18). The van der Waals surface area contributed by atoms with Crippen molar-refractivity contribution in [2.45, 2.75) is 26.2 Å². The molecule has 2 N–H and O–H groups in total. The molecule has 1 amide bonds. The molecule has 96 valence electrons. The summed E-state index contributed by atoms with van der Waals surface area (Å²) in [5.74, 6) is 0.591. The summed E-state index contributed by atoms with van der Waals surface area (Å²) in [5.41, 5.74) is 7.37. The zero-order valence-electron chi connectivity index (χ0n) is 10.4. The van der Waals surface area contributed by atoms with Crippen LogP contribution in [0, 0.1) is 5.92 Å². The molecule has 18 heavy (non-hydrogen) atoms. The molecule has 1 aliphatic rings. The summed E-state index contributed by atoms with van der Waals surface area (Å²) < 4.78 is 0. The van der Waals surface area contributed by atoms with Crippen LogP contribution in [0.3, 0.4) is 0 Å². The molecule has 0 spiro atoms. The van der Waals surface area contributed by atoms with Crippen LogP contribution < -0.4 is 10.9 Å². The molecule has 0 aromatic heterocycles. The average Bonchev–Trinajstić information content (AvgIpc) is 2.38. The molecule has 0 aliphatic heterocycles. The Morgan fingerprint density at radius 2 is 2.06 bits per heavy atom. The Bertz CT molecular complexity index is 453. The van der Waals surface area contributed by atoms with Gasteiger partial charge in [-0.1, -0.05) is 24.6 Å². The van der Waals surface area contributed by atoms with Crippen LogP contribution in [0.25, 0.3) is 0 Å². The van der Waals surface area contributed by atoms with Gasteiger partial charge >= 0.3 is 0 Å². The third-order valence-corrected chi connectivity index (χ3v) is 3.37. The first kappa shape index (κ1) is 13.0. The lowest BCUT2D eigenvalue weighted by Crippen LogP contribution is -2.37. The van der Waals surface area contributed by atoms with Crippen LogP contribution in [0.2, 0.25) is 5.02 Å². The maximum absolute atomic E-state index is 11.8. The minimum atomic E-state index is -0.147. The number of carbonyl (C=O) groups excluding carboxylic acids is 1. The minimum Gasteiger partial charge on any atom is -0.303 e. The van der Waals surface area contributed by atoms with Crippen molar-refractivity contribution in [1.82, 2.24) is 10.9 Å². The molecule has 1 atom stereocenters. The van der Waals surface area contributed by atoms with E-state index >= 15 is 0 Å². The summed E-state index contributed by atoms with van der Waals surface area (Å²) in [4.78, 5) is 11.8. The van der Waals surface area contributed by atoms with Crippen molar-refractivity contribution in [1.29, 1.82) is 0 Å². The fourth-order valence-electron chi connectivity index (χ4n) is 1.89. The van der Waals surface area contributed by atoms with E-state index in [2.05, 4.69) is 23.9 Å². The molecule has 1 unspecified atom stereocenters. The normalized spacial score (nSPS) is 19.0. The summed E-state index contributed by atoms with van der Waals surface area (Å²) in [7, 11) is 0. The number of hydrogen-bond acceptors (Lipinski definition) is 2. The number of hydrazine groups is 1. The van der Waals surface area contributed by atoms with Crippen molar-refractivity contribution in [3.63, 3.8) is 0 Å². The maximum Gasteiger partial charge on any atom is 0.269 e. The monoisotopic (exact) mass is 264 g/mol. The number of halogens is 1. The van der Waals surface area contributed by atoms with Crippen LogP contribution in [-0.2, 0) is 0 Å². The van der Waals surface area contributed by atoms with Crippen LogP contribution >= 0.6 is 11.6 Å². The number of rotatable bonds is 3. The lowest BCUT2D eigenvalue weighted by molar-refractivity contribution is 0.0938. The Labute approximate surface area is 112 Å². The van der Waals surface area contributed by atoms with Crippen LogP contribution in [0.5, 0.6) is 0 Å². The van der Waals surface area contributed by atoms with Crippen LogP contribution in [0.15, 0.2) is 36.0 Å². The van der Waals surface area contributed by atoms with Gasteiger partial charge in [0, 0.05) is 16.3 Å². The largest absolute Gasteiger partial charge is 0.303 e. The number of carbonyl (C=O) groups is 1. The van der Waals surface area contributed by atoms with E-state index in [1.807, 2.05) is 0 Å². The Kier molecular flexibility index (Phi) is 4.26. The zero-order chi connectivity index (χ0) is 13.0. The van der Waals surface area contributed by atoms with Crippen molar-refractivity contribution in [2.75, 3.05) is 0 Å². The van der Waals surface area contributed by atoms with Crippen molar-refractivity contribution in [3.05, 3.63) is 46.6 Å². The highest BCUT2D eigenvalue weighted by Crippen LogP contribution is 2.20. The summed E-state index contributed by atoms with van der Waals surface area (Å²) in [6.45, 7) is 2.24. The molecule has 2 rings (SSSR count). The van der Waals surface area contributed by atoms with E-state index in [1.165, 1.54) is 0 Å². The molecule has 3 nitrogen and oxygen atoms in total. The SMILES string of the molecule is CC1CC=C(NNC(=O)c2ccc(Cl)cc2)CC1. The molecule has 1 aromatic rings. The Morgan fingerprint density at radius 1 is 1.33 bits per heavy atom. The van der Waals surface area contributed by atoms with Gasteiger partial charge in [-0.2, -0.15) is 0 Å². The molecule has 4 heteroatoms. The Morgan fingerprint density at radius 3 is 2.67 bits per heavy atom. The summed E-state index contributed by atoms with van der Waals surface area (Å²) in [5, 5.41) is 0.628. The Balaban J connectivity index is 1.87. The highest BCUT2D eigenvalue weighted by atomic mass is 35.5. The first-order valence-corrected chi connectivity index (χ1v) is 6.54. The highest BCUT2D eigenvalue weighted by Gasteiger charge is 2.11. The van der Waals surface area contributed by atoms with Gasteiger partial charge in [-0.25, -0.2) is 0 Å². The third-order valence-electron chi connectivity index (χ3n) is 3.12. The lowest BCUT2D eigenvalue weighted by Gasteiger charge is -2.19.